The maximum Gasteiger partial charge on any atom is 0.239 e. The summed E-state index contributed by atoms with van der Waals surface area (Å²) < 4.78 is 0. The second-order valence-corrected chi connectivity index (χ2v) is 11.1. The number of carbonyl (C=O) groups is 2. The highest BCUT2D eigenvalue weighted by Crippen LogP contribution is 2.13. The zero-order valence-electron chi connectivity index (χ0n) is 25.6. The summed E-state index contributed by atoms with van der Waals surface area (Å²) in [5.41, 5.74) is 11.1. The van der Waals surface area contributed by atoms with Crippen LogP contribution in [0.3, 0.4) is 0 Å². The van der Waals surface area contributed by atoms with Gasteiger partial charge in [0.2, 0.25) is 11.8 Å². The third-order valence-corrected chi connectivity index (χ3v) is 7.27. The Labute approximate surface area is 241 Å². The molecule has 0 aliphatic rings. The van der Waals surface area contributed by atoms with Crippen LogP contribution in [-0.4, -0.2) is 63.7 Å². The van der Waals surface area contributed by atoms with Crippen molar-refractivity contribution in [1.82, 2.24) is 21.3 Å². The summed E-state index contributed by atoms with van der Waals surface area (Å²) in [5.74, 6) is -0.236. The van der Waals surface area contributed by atoms with Crippen molar-refractivity contribution in [2.45, 2.75) is 141 Å². The molecule has 2 amide bonds. The Morgan fingerprint density at radius 2 is 1.05 bits per heavy atom. The lowest BCUT2D eigenvalue weighted by Gasteiger charge is -2.18. The highest BCUT2D eigenvalue weighted by atomic mass is 16.2. The summed E-state index contributed by atoms with van der Waals surface area (Å²) in [6, 6.07) is -0.305. The summed E-state index contributed by atoms with van der Waals surface area (Å²) >= 11 is 0. The minimum Gasteiger partial charge on any atom is -0.355 e. The SMILES string of the molecule is CCCCCCCCCCCCCCCCCCNC(=O)CNC(=O)[C@H](CCCNCCCN)NCCCN. The highest BCUT2D eigenvalue weighted by Gasteiger charge is 2.17. The fourth-order valence-electron chi connectivity index (χ4n) is 4.74. The van der Waals surface area contributed by atoms with E-state index in [1.165, 1.54) is 89.9 Å². The van der Waals surface area contributed by atoms with Crippen molar-refractivity contribution >= 4 is 11.8 Å². The van der Waals surface area contributed by atoms with E-state index in [0.717, 1.165) is 45.2 Å². The monoisotopic (exact) mass is 555 g/mol. The molecule has 0 saturated heterocycles. The molecule has 0 aromatic rings. The van der Waals surface area contributed by atoms with Crippen molar-refractivity contribution < 1.29 is 9.59 Å². The largest absolute Gasteiger partial charge is 0.355 e. The molecule has 8 nitrogen and oxygen atoms in total. The molecule has 0 heterocycles. The molecule has 0 rings (SSSR count). The molecule has 232 valence electrons. The van der Waals surface area contributed by atoms with E-state index in [0.29, 0.717) is 32.6 Å². The van der Waals surface area contributed by atoms with E-state index >= 15 is 0 Å². The van der Waals surface area contributed by atoms with Crippen LogP contribution in [0.1, 0.15) is 135 Å². The molecule has 0 fully saturated rings. The highest BCUT2D eigenvalue weighted by molar-refractivity contribution is 5.87. The van der Waals surface area contributed by atoms with Crippen LogP contribution in [0.15, 0.2) is 0 Å². The smallest absolute Gasteiger partial charge is 0.239 e. The molecule has 8 N–H and O–H groups in total. The number of carbonyl (C=O) groups excluding carboxylic acids is 2. The average molecular weight is 555 g/mol. The van der Waals surface area contributed by atoms with Crippen LogP contribution >= 0.6 is 0 Å². The average Bonchev–Trinajstić information content (AvgIpc) is 2.94. The quantitative estimate of drug-likeness (QED) is 0.0699. The fraction of sp³-hybridized carbons (Fsp3) is 0.935. The summed E-state index contributed by atoms with van der Waals surface area (Å²) in [4.78, 5) is 24.8. The van der Waals surface area contributed by atoms with Gasteiger partial charge in [-0.05, 0) is 64.8 Å². The van der Waals surface area contributed by atoms with E-state index in [9.17, 15) is 9.59 Å². The molecule has 0 aromatic carbocycles. The van der Waals surface area contributed by atoms with E-state index in [4.69, 9.17) is 11.5 Å². The fourth-order valence-corrected chi connectivity index (χ4v) is 4.74. The minimum atomic E-state index is -0.305. The van der Waals surface area contributed by atoms with Gasteiger partial charge in [0.25, 0.3) is 0 Å². The van der Waals surface area contributed by atoms with E-state index in [1.807, 2.05) is 0 Å². The summed E-state index contributed by atoms with van der Waals surface area (Å²) in [6.45, 7) is 6.70. The molecule has 0 aliphatic carbocycles. The van der Waals surface area contributed by atoms with Gasteiger partial charge in [0.15, 0.2) is 0 Å². The molecule has 0 aromatic heterocycles. The van der Waals surface area contributed by atoms with Crippen LogP contribution < -0.4 is 32.7 Å². The number of nitrogens with one attached hydrogen (secondary N) is 4. The molecule has 39 heavy (non-hydrogen) atoms. The summed E-state index contributed by atoms with van der Waals surface area (Å²) in [5, 5.41) is 12.4. The van der Waals surface area contributed by atoms with Crippen molar-refractivity contribution in [3.8, 4) is 0 Å². The molecule has 0 radical (unpaired) electrons. The molecular weight excluding hydrogens is 488 g/mol. The first-order valence-electron chi connectivity index (χ1n) is 16.5. The van der Waals surface area contributed by atoms with Gasteiger partial charge in [-0.2, -0.15) is 0 Å². The van der Waals surface area contributed by atoms with Crippen molar-refractivity contribution in [3.05, 3.63) is 0 Å². The number of amides is 2. The Morgan fingerprint density at radius 1 is 0.564 bits per heavy atom. The second-order valence-electron chi connectivity index (χ2n) is 11.1. The van der Waals surface area contributed by atoms with Crippen molar-refractivity contribution in [2.75, 3.05) is 45.8 Å². The van der Waals surface area contributed by atoms with Gasteiger partial charge in [-0.25, -0.2) is 0 Å². The van der Waals surface area contributed by atoms with Gasteiger partial charge in [-0.3, -0.25) is 9.59 Å². The van der Waals surface area contributed by atoms with Gasteiger partial charge in [0.05, 0.1) is 12.6 Å². The maximum atomic E-state index is 12.6. The van der Waals surface area contributed by atoms with Gasteiger partial charge in [0, 0.05) is 6.54 Å². The van der Waals surface area contributed by atoms with E-state index in [1.54, 1.807) is 0 Å². The van der Waals surface area contributed by atoms with Gasteiger partial charge >= 0.3 is 0 Å². The van der Waals surface area contributed by atoms with Crippen LogP contribution in [0.4, 0.5) is 0 Å². The Kier molecular flexibility index (Phi) is 30.3. The van der Waals surface area contributed by atoms with E-state index in [-0.39, 0.29) is 24.4 Å². The number of hydrogen-bond acceptors (Lipinski definition) is 6. The first-order valence-corrected chi connectivity index (χ1v) is 16.5. The van der Waals surface area contributed by atoms with Crippen molar-refractivity contribution in [2.24, 2.45) is 11.5 Å². The lowest BCUT2D eigenvalue weighted by atomic mass is 10.0. The normalized spacial score (nSPS) is 12.0. The minimum absolute atomic E-state index is 0.0293. The molecule has 0 aliphatic heterocycles. The zero-order valence-corrected chi connectivity index (χ0v) is 25.6. The first kappa shape index (κ1) is 37.8. The topological polar surface area (TPSA) is 134 Å². The molecule has 0 unspecified atom stereocenters. The van der Waals surface area contributed by atoms with Gasteiger partial charge in [-0.1, -0.05) is 103 Å². The van der Waals surface area contributed by atoms with Crippen LogP contribution in [0.2, 0.25) is 0 Å². The predicted molar refractivity (Wildman–Crippen MR) is 167 cm³/mol. The Balaban J connectivity index is 3.68. The molecule has 0 bridgehead atoms. The van der Waals surface area contributed by atoms with Crippen LogP contribution in [-0.2, 0) is 9.59 Å². The predicted octanol–water partition coefficient (Wildman–Crippen LogP) is 4.51. The molecule has 0 saturated carbocycles. The second kappa shape index (κ2) is 31.3. The van der Waals surface area contributed by atoms with Crippen LogP contribution in [0.25, 0.3) is 0 Å². The lowest BCUT2D eigenvalue weighted by molar-refractivity contribution is -0.127. The van der Waals surface area contributed by atoms with Gasteiger partial charge in [0.1, 0.15) is 0 Å². The third kappa shape index (κ3) is 28.1. The van der Waals surface area contributed by atoms with Crippen LogP contribution in [0, 0.1) is 0 Å². The van der Waals surface area contributed by atoms with E-state index in [2.05, 4.69) is 28.2 Å². The molecule has 0 spiro atoms. The first-order chi connectivity index (χ1) is 19.2. The van der Waals surface area contributed by atoms with E-state index < -0.39 is 0 Å². The number of hydrogen-bond donors (Lipinski definition) is 6. The Bertz CT molecular complexity index is 535. The molecular formula is C31H66N6O2. The molecule has 1 atom stereocenters. The van der Waals surface area contributed by atoms with Gasteiger partial charge < -0.3 is 32.7 Å². The zero-order chi connectivity index (χ0) is 28.7. The third-order valence-electron chi connectivity index (χ3n) is 7.27. The van der Waals surface area contributed by atoms with Crippen LogP contribution in [0.5, 0.6) is 0 Å². The molecule has 8 heteroatoms. The number of unbranched alkanes of at least 4 members (excludes halogenated alkanes) is 15. The summed E-state index contributed by atoms with van der Waals surface area (Å²) in [7, 11) is 0. The number of nitrogens with two attached hydrogens (primary N) is 2. The van der Waals surface area contributed by atoms with Crippen molar-refractivity contribution in [3.63, 3.8) is 0 Å². The summed E-state index contributed by atoms with van der Waals surface area (Å²) in [6.07, 6.45) is 24.8. The van der Waals surface area contributed by atoms with Crippen molar-refractivity contribution in [1.29, 1.82) is 0 Å². The standard InChI is InChI=1S/C31H66N6O2/c1-2-3-4-5-6-7-8-9-10-11-12-13-14-15-16-17-26-36-30(38)28-37-31(39)29(35-27-20-23-33)21-18-24-34-25-19-22-32/h29,34-35H,2-28,32-33H2,1H3,(H,36,38)(H,37,39)/t29-/m0/s1. The Morgan fingerprint density at radius 3 is 1.59 bits per heavy atom. The maximum absolute atomic E-state index is 12.6. The lowest BCUT2D eigenvalue weighted by Crippen LogP contribution is -2.48. The van der Waals surface area contributed by atoms with Gasteiger partial charge in [-0.15, -0.1) is 0 Å². The number of rotatable bonds is 31. The Hall–Kier alpha value is -1.22.